The molecule has 156 valence electrons. The van der Waals surface area contributed by atoms with Crippen LogP contribution in [0, 0.1) is 0 Å². The summed E-state index contributed by atoms with van der Waals surface area (Å²) in [7, 11) is -3.87. The highest BCUT2D eigenvalue weighted by Crippen LogP contribution is 2.35. The maximum atomic E-state index is 12.6. The van der Waals surface area contributed by atoms with E-state index in [-0.39, 0.29) is 29.0 Å². The van der Waals surface area contributed by atoms with Gasteiger partial charge in [-0.2, -0.15) is 8.42 Å². The van der Waals surface area contributed by atoms with E-state index in [4.69, 9.17) is 4.74 Å². The number of carbonyl (C=O) groups is 2. The maximum absolute atomic E-state index is 12.6. The lowest BCUT2D eigenvalue weighted by Crippen LogP contribution is -2.36. The Morgan fingerprint density at radius 3 is 2.72 bits per heavy atom. The second-order valence-corrected chi connectivity index (χ2v) is 9.32. The number of ether oxygens (including phenoxy) is 1. The first kappa shape index (κ1) is 19.9. The van der Waals surface area contributed by atoms with Crippen LogP contribution in [0.1, 0.15) is 61.7 Å². The van der Waals surface area contributed by atoms with Crippen LogP contribution in [0.2, 0.25) is 0 Å². The van der Waals surface area contributed by atoms with E-state index in [2.05, 4.69) is 9.71 Å². The van der Waals surface area contributed by atoms with Crippen LogP contribution in [0.4, 0.5) is 5.69 Å². The van der Waals surface area contributed by atoms with Gasteiger partial charge >= 0.3 is 5.97 Å². The summed E-state index contributed by atoms with van der Waals surface area (Å²) in [5.41, 5.74) is 0.641. The van der Waals surface area contributed by atoms with Gasteiger partial charge in [-0.25, -0.2) is 4.79 Å². The van der Waals surface area contributed by atoms with Crippen molar-refractivity contribution in [1.29, 1.82) is 0 Å². The smallest absolute Gasteiger partial charge is 0.338 e. The molecule has 1 saturated carbocycles. The van der Waals surface area contributed by atoms with Crippen LogP contribution in [0.5, 0.6) is 0 Å². The third kappa shape index (κ3) is 4.29. The number of nitrogens with zero attached hydrogens (tertiary/aromatic N) is 2. The highest BCUT2D eigenvalue weighted by atomic mass is 32.2. The van der Waals surface area contributed by atoms with Crippen LogP contribution in [0.15, 0.2) is 27.5 Å². The van der Waals surface area contributed by atoms with Crippen molar-refractivity contribution < 1.29 is 22.7 Å². The highest BCUT2D eigenvalue weighted by Gasteiger charge is 2.32. The molecule has 3 aliphatic rings. The number of amides is 1. The van der Waals surface area contributed by atoms with Crippen molar-refractivity contribution in [2.75, 3.05) is 18.1 Å². The summed E-state index contributed by atoms with van der Waals surface area (Å²) in [6.45, 7) is 0.320. The molecule has 1 aliphatic carbocycles. The second-order valence-electron chi connectivity index (χ2n) is 7.75. The van der Waals surface area contributed by atoms with Crippen LogP contribution in [0.3, 0.4) is 0 Å². The lowest BCUT2D eigenvalue weighted by Gasteiger charge is -2.29. The molecule has 0 unspecified atom stereocenters. The third-order valence-electron chi connectivity index (χ3n) is 5.64. The van der Waals surface area contributed by atoms with E-state index in [1.54, 1.807) is 12.1 Å². The summed E-state index contributed by atoms with van der Waals surface area (Å²) >= 11 is 0. The Morgan fingerprint density at radius 2 is 1.93 bits per heavy atom. The van der Waals surface area contributed by atoms with Gasteiger partial charge in [-0.3, -0.25) is 4.79 Å². The van der Waals surface area contributed by atoms with Gasteiger partial charge in [0.25, 0.3) is 15.9 Å². The minimum atomic E-state index is -3.87. The standard InChI is InChI=1S/C20H25N3O5S/c24-19(21-15-6-3-4-7-15)13-28-20(25)14-9-10-16-17(12-14)29(26,27)22-18-8-2-1-5-11-23(16)18/h9-10,12,15H,1-8,11,13H2,(H,21,24). The van der Waals surface area contributed by atoms with Gasteiger partial charge in [0.1, 0.15) is 10.7 Å². The predicted octanol–water partition coefficient (Wildman–Crippen LogP) is 2.38. The maximum Gasteiger partial charge on any atom is 0.338 e. The molecule has 9 heteroatoms. The fourth-order valence-electron chi connectivity index (χ4n) is 4.16. The fourth-order valence-corrected chi connectivity index (χ4v) is 5.44. The lowest BCUT2D eigenvalue weighted by molar-refractivity contribution is -0.124. The third-order valence-corrected chi connectivity index (χ3v) is 6.97. The molecule has 1 aromatic carbocycles. The first-order chi connectivity index (χ1) is 13.9. The topological polar surface area (TPSA) is 105 Å². The van der Waals surface area contributed by atoms with Gasteiger partial charge in [-0.05, 0) is 43.9 Å². The predicted molar refractivity (Wildman–Crippen MR) is 108 cm³/mol. The monoisotopic (exact) mass is 419 g/mol. The van der Waals surface area contributed by atoms with Crippen LogP contribution in [-0.2, 0) is 19.6 Å². The Kier molecular flexibility index (Phi) is 5.58. The molecule has 1 amide bonds. The number of benzene rings is 1. The van der Waals surface area contributed by atoms with Crippen LogP contribution in [0.25, 0.3) is 0 Å². The quantitative estimate of drug-likeness (QED) is 0.752. The first-order valence-electron chi connectivity index (χ1n) is 10.2. The van der Waals surface area contributed by atoms with Gasteiger partial charge in [0.15, 0.2) is 6.61 Å². The Morgan fingerprint density at radius 1 is 1.14 bits per heavy atom. The van der Waals surface area contributed by atoms with Crippen molar-refractivity contribution in [2.45, 2.75) is 62.3 Å². The summed E-state index contributed by atoms with van der Waals surface area (Å²) in [6, 6.07) is 4.62. The molecule has 1 aromatic rings. The van der Waals surface area contributed by atoms with Crippen LogP contribution < -0.4 is 10.2 Å². The molecule has 4 rings (SSSR count). The molecule has 2 fully saturated rings. The van der Waals surface area contributed by atoms with Crippen LogP contribution in [-0.4, -0.2) is 45.3 Å². The highest BCUT2D eigenvalue weighted by molar-refractivity contribution is 7.90. The molecule has 0 atom stereocenters. The summed E-state index contributed by atoms with van der Waals surface area (Å²) < 4.78 is 34.3. The number of anilines is 1. The van der Waals surface area contributed by atoms with Crippen LogP contribution >= 0.6 is 0 Å². The summed E-state index contributed by atoms with van der Waals surface area (Å²) in [6.07, 6.45) is 7.59. The lowest BCUT2D eigenvalue weighted by atomic mass is 10.2. The molecule has 0 spiro atoms. The minimum Gasteiger partial charge on any atom is -0.452 e. The fraction of sp³-hybridized carbons (Fsp3) is 0.550. The van der Waals surface area contributed by atoms with Crippen molar-refractivity contribution in [1.82, 2.24) is 5.32 Å². The number of esters is 1. The van der Waals surface area contributed by atoms with E-state index < -0.39 is 16.0 Å². The Labute approximate surface area is 170 Å². The molecular formula is C20H25N3O5S. The molecule has 1 saturated heterocycles. The normalized spacial score (nSPS) is 20.8. The Balaban J connectivity index is 1.48. The average Bonchev–Trinajstić information content (AvgIpc) is 3.09. The number of hydrogen-bond acceptors (Lipinski definition) is 6. The van der Waals surface area contributed by atoms with Crippen molar-refractivity contribution in [2.24, 2.45) is 4.40 Å². The Hall–Kier alpha value is -2.42. The van der Waals surface area contributed by atoms with Crippen molar-refractivity contribution in [3.05, 3.63) is 23.8 Å². The number of sulfonamides is 1. The molecule has 0 aromatic heterocycles. The molecule has 8 nitrogen and oxygen atoms in total. The summed E-state index contributed by atoms with van der Waals surface area (Å²) in [5.74, 6) is -0.501. The molecule has 2 aliphatic heterocycles. The summed E-state index contributed by atoms with van der Waals surface area (Å²) in [4.78, 5) is 26.3. The van der Waals surface area contributed by atoms with Gasteiger partial charge in [-0.1, -0.05) is 19.3 Å². The zero-order chi connectivity index (χ0) is 20.4. The van der Waals surface area contributed by atoms with Gasteiger partial charge in [0, 0.05) is 19.0 Å². The zero-order valence-corrected chi connectivity index (χ0v) is 17.0. The van der Waals surface area contributed by atoms with Gasteiger partial charge in [-0.15, -0.1) is 4.40 Å². The number of carbonyl (C=O) groups excluding carboxylic acids is 2. The van der Waals surface area contributed by atoms with Crippen molar-refractivity contribution >= 4 is 33.4 Å². The van der Waals surface area contributed by atoms with E-state index in [1.807, 2.05) is 4.90 Å². The van der Waals surface area contributed by atoms with E-state index in [9.17, 15) is 18.0 Å². The number of amidine groups is 1. The second kappa shape index (κ2) is 8.14. The molecule has 1 N–H and O–H groups in total. The minimum absolute atomic E-state index is 0.00741. The van der Waals surface area contributed by atoms with E-state index in [0.29, 0.717) is 24.5 Å². The molecule has 29 heavy (non-hydrogen) atoms. The summed E-state index contributed by atoms with van der Waals surface area (Å²) in [5, 5.41) is 2.85. The van der Waals surface area contributed by atoms with Gasteiger partial charge in [0.2, 0.25) is 0 Å². The number of rotatable bonds is 4. The van der Waals surface area contributed by atoms with Crippen molar-refractivity contribution in [3.63, 3.8) is 0 Å². The zero-order valence-electron chi connectivity index (χ0n) is 16.2. The molecular weight excluding hydrogens is 394 g/mol. The van der Waals surface area contributed by atoms with Crippen molar-refractivity contribution in [3.8, 4) is 0 Å². The first-order valence-corrected chi connectivity index (χ1v) is 11.6. The molecule has 0 bridgehead atoms. The molecule has 2 heterocycles. The number of nitrogens with one attached hydrogen (secondary N) is 1. The number of fused-ring (bicyclic) bond motifs is 3. The van der Waals surface area contributed by atoms with E-state index >= 15 is 0 Å². The SMILES string of the molecule is O=C(COC(=O)c1ccc2c(c1)S(=O)(=O)N=C1CCCCCN12)NC1CCCC1. The van der Waals surface area contributed by atoms with Gasteiger partial charge in [0.05, 0.1) is 11.3 Å². The van der Waals surface area contributed by atoms with Gasteiger partial charge < -0.3 is 15.0 Å². The van der Waals surface area contributed by atoms with E-state index in [1.165, 1.54) is 6.07 Å². The Bertz CT molecular complexity index is 951. The average molecular weight is 420 g/mol. The van der Waals surface area contributed by atoms with E-state index in [0.717, 1.165) is 44.9 Å². The largest absolute Gasteiger partial charge is 0.452 e. The molecule has 0 radical (unpaired) electrons. The number of hydrogen-bond donors (Lipinski definition) is 1.